The highest BCUT2D eigenvalue weighted by atomic mass is 35.5. The van der Waals surface area contributed by atoms with Gasteiger partial charge in [0.15, 0.2) is 5.82 Å². The van der Waals surface area contributed by atoms with Crippen LogP contribution in [0.5, 0.6) is 5.75 Å². The van der Waals surface area contributed by atoms with Crippen molar-refractivity contribution in [2.45, 2.75) is 6.54 Å². The molecule has 1 aromatic carbocycles. The van der Waals surface area contributed by atoms with Crippen molar-refractivity contribution in [3.05, 3.63) is 28.5 Å². The number of hydrogen-bond acceptors (Lipinski definition) is 4. The number of aliphatic hydroxyl groups is 1. The molecule has 0 unspecified atom stereocenters. The first kappa shape index (κ1) is 13.1. The molecule has 7 heteroatoms. The van der Waals surface area contributed by atoms with Crippen LogP contribution in [0, 0.1) is 0 Å². The van der Waals surface area contributed by atoms with Crippen LogP contribution in [0.2, 0.25) is 10.0 Å². The largest absolute Gasteiger partial charge is 0.494 e. The Morgan fingerprint density at radius 3 is 2.83 bits per heavy atom. The molecule has 0 saturated heterocycles. The summed E-state index contributed by atoms with van der Waals surface area (Å²) in [4.78, 5) is 4.14. The predicted molar refractivity (Wildman–Crippen MR) is 69.1 cm³/mol. The molecule has 96 valence electrons. The Labute approximate surface area is 114 Å². The molecule has 0 aliphatic heterocycles. The number of hydrogen-bond donors (Lipinski definition) is 1. The average molecular weight is 288 g/mol. The SMILES string of the molecule is COc1c(Cl)cc(Cl)cc1-c1ncnn1CCO. The third-order valence-electron chi connectivity index (χ3n) is 2.38. The number of benzene rings is 1. The maximum absolute atomic E-state index is 8.97. The molecule has 0 bridgehead atoms. The molecule has 18 heavy (non-hydrogen) atoms. The summed E-state index contributed by atoms with van der Waals surface area (Å²) >= 11 is 12.0. The van der Waals surface area contributed by atoms with Crippen molar-refractivity contribution in [3.63, 3.8) is 0 Å². The number of ether oxygens (including phenoxy) is 1. The zero-order valence-corrected chi connectivity index (χ0v) is 11.1. The lowest BCUT2D eigenvalue weighted by molar-refractivity contribution is 0.270. The molecule has 0 radical (unpaired) electrons. The number of methoxy groups -OCH3 is 1. The number of halogens is 2. The van der Waals surface area contributed by atoms with Gasteiger partial charge >= 0.3 is 0 Å². The predicted octanol–water partition coefficient (Wildman–Crippen LogP) is 2.25. The number of aromatic nitrogens is 3. The minimum absolute atomic E-state index is 0.0347. The minimum atomic E-state index is -0.0347. The van der Waals surface area contributed by atoms with Crippen LogP contribution < -0.4 is 4.74 Å². The molecule has 0 amide bonds. The minimum Gasteiger partial charge on any atom is -0.494 e. The van der Waals surface area contributed by atoms with Gasteiger partial charge < -0.3 is 9.84 Å². The van der Waals surface area contributed by atoms with Crippen LogP contribution in [-0.2, 0) is 6.54 Å². The molecule has 0 saturated carbocycles. The topological polar surface area (TPSA) is 60.2 Å². The van der Waals surface area contributed by atoms with Gasteiger partial charge in [-0.1, -0.05) is 23.2 Å². The zero-order chi connectivity index (χ0) is 13.1. The van der Waals surface area contributed by atoms with E-state index in [2.05, 4.69) is 10.1 Å². The van der Waals surface area contributed by atoms with Crippen molar-refractivity contribution >= 4 is 23.2 Å². The molecule has 1 aromatic heterocycles. The fourth-order valence-corrected chi connectivity index (χ4v) is 2.24. The molecule has 0 aliphatic carbocycles. The van der Waals surface area contributed by atoms with Crippen molar-refractivity contribution < 1.29 is 9.84 Å². The van der Waals surface area contributed by atoms with Crippen molar-refractivity contribution in [1.29, 1.82) is 0 Å². The van der Waals surface area contributed by atoms with Gasteiger partial charge in [0.05, 0.1) is 30.8 Å². The average Bonchev–Trinajstić information content (AvgIpc) is 2.76. The first-order valence-corrected chi connectivity index (χ1v) is 5.95. The van der Waals surface area contributed by atoms with Gasteiger partial charge in [-0.2, -0.15) is 5.10 Å². The lowest BCUT2D eigenvalue weighted by atomic mass is 10.2. The van der Waals surface area contributed by atoms with Crippen LogP contribution in [-0.4, -0.2) is 33.6 Å². The van der Waals surface area contributed by atoms with Crippen LogP contribution in [0.25, 0.3) is 11.4 Å². The second-order valence-corrected chi connectivity index (χ2v) is 4.34. The lowest BCUT2D eigenvalue weighted by Gasteiger charge is -2.11. The molecular formula is C11H11Cl2N3O2. The molecule has 0 spiro atoms. The second-order valence-electron chi connectivity index (χ2n) is 3.50. The van der Waals surface area contributed by atoms with Crippen molar-refractivity contribution in [3.8, 4) is 17.1 Å². The van der Waals surface area contributed by atoms with E-state index in [-0.39, 0.29) is 6.61 Å². The van der Waals surface area contributed by atoms with E-state index in [9.17, 15) is 0 Å². The Kier molecular flexibility index (Phi) is 4.06. The van der Waals surface area contributed by atoms with Gasteiger partial charge in [-0.05, 0) is 12.1 Å². The van der Waals surface area contributed by atoms with Gasteiger partial charge in [-0.25, -0.2) is 9.67 Å². The highest BCUT2D eigenvalue weighted by molar-refractivity contribution is 6.36. The summed E-state index contributed by atoms with van der Waals surface area (Å²) in [7, 11) is 1.52. The van der Waals surface area contributed by atoms with Gasteiger partial charge in [-0.15, -0.1) is 0 Å². The molecule has 0 fully saturated rings. The van der Waals surface area contributed by atoms with E-state index >= 15 is 0 Å². The first-order valence-electron chi connectivity index (χ1n) is 5.19. The third-order valence-corrected chi connectivity index (χ3v) is 2.88. The Hall–Kier alpha value is -1.30. The van der Waals surface area contributed by atoms with E-state index in [1.54, 1.807) is 16.8 Å². The molecule has 0 aliphatic rings. The van der Waals surface area contributed by atoms with Crippen LogP contribution in [0.1, 0.15) is 0 Å². The van der Waals surface area contributed by atoms with E-state index in [4.69, 9.17) is 33.0 Å². The fraction of sp³-hybridized carbons (Fsp3) is 0.273. The fourth-order valence-electron chi connectivity index (χ4n) is 1.67. The highest BCUT2D eigenvalue weighted by Crippen LogP contribution is 2.37. The van der Waals surface area contributed by atoms with E-state index in [1.165, 1.54) is 13.4 Å². The zero-order valence-electron chi connectivity index (χ0n) is 9.60. The molecule has 2 aromatic rings. The van der Waals surface area contributed by atoms with Crippen LogP contribution in [0.3, 0.4) is 0 Å². The smallest absolute Gasteiger partial charge is 0.161 e. The van der Waals surface area contributed by atoms with Crippen molar-refractivity contribution in [1.82, 2.24) is 14.8 Å². The summed E-state index contributed by atoms with van der Waals surface area (Å²) < 4.78 is 6.81. The number of nitrogens with zero attached hydrogens (tertiary/aromatic N) is 3. The van der Waals surface area contributed by atoms with Crippen LogP contribution in [0.15, 0.2) is 18.5 Å². The van der Waals surface area contributed by atoms with Gasteiger partial charge in [0, 0.05) is 5.02 Å². The molecular weight excluding hydrogens is 277 g/mol. The van der Waals surface area contributed by atoms with Gasteiger partial charge in [-0.3, -0.25) is 0 Å². The van der Waals surface area contributed by atoms with E-state index in [0.29, 0.717) is 33.7 Å². The second kappa shape index (κ2) is 5.56. The van der Waals surface area contributed by atoms with Crippen molar-refractivity contribution in [2.75, 3.05) is 13.7 Å². The Balaban J connectivity index is 2.58. The standard InChI is InChI=1S/C11H11Cl2N3O2/c1-18-10-8(4-7(12)5-9(10)13)11-14-6-15-16(11)2-3-17/h4-6,17H,2-3H2,1H3. The lowest BCUT2D eigenvalue weighted by Crippen LogP contribution is -2.06. The quantitative estimate of drug-likeness (QED) is 0.937. The Bertz CT molecular complexity index is 557. The van der Waals surface area contributed by atoms with Crippen LogP contribution in [0.4, 0.5) is 0 Å². The maximum atomic E-state index is 8.97. The number of aliphatic hydroxyl groups excluding tert-OH is 1. The molecule has 5 nitrogen and oxygen atoms in total. The Morgan fingerprint density at radius 1 is 1.39 bits per heavy atom. The van der Waals surface area contributed by atoms with Crippen molar-refractivity contribution in [2.24, 2.45) is 0 Å². The summed E-state index contributed by atoms with van der Waals surface area (Å²) in [6.07, 6.45) is 1.40. The third kappa shape index (κ3) is 2.43. The summed E-state index contributed by atoms with van der Waals surface area (Å²) in [6.45, 7) is 0.301. The van der Waals surface area contributed by atoms with Gasteiger partial charge in [0.1, 0.15) is 12.1 Å². The summed E-state index contributed by atoms with van der Waals surface area (Å²) in [5, 5.41) is 13.9. The highest BCUT2D eigenvalue weighted by Gasteiger charge is 2.16. The Morgan fingerprint density at radius 2 is 2.17 bits per heavy atom. The van der Waals surface area contributed by atoms with Gasteiger partial charge in [0.2, 0.25) is 0 Å². The molecule has 2 rings (SSSR count). The molecule has 0 atom stereocenters. The molecule has 1 N–H and O–H groups in total. The van der Waals surface area contributed by atoms with Gasteiger partial charge in [0.25, 0.3) is 0 Å². The number of rotatable bonds is 4. The van der Waals surface area contributed by atoms with E-state index in [0.717, 1.165) is 0 Å². The maximum Gasteiger partial charge on any atom is 0.161 e. The van der Waals surface area contributed by atoms with E-state index < -0.39 is 0 Å². The molecule has 1 heterocycles. The normalized spacial score (nSPS) is 10.7. The van der Waals surface area contributed by atoms with E-state index in [1.807, 2.05) is 0 Å². The monoisotopic (exact) mass is 287 g/mol. The summed E-state index contributed by atoms with van der Waals surface area (Å²) in [6, 6.07) is 3.29. The first-order chi connectivity index (χ1) is 8.67. The van der Waals surface area contributed by atoms with Crippen LogP contribution >= 0.6 is 23.2 Å². The summed E-state index contributed by atoms with van der Waals surface area (Å²) in [5.74, 6) is 1.03. The summed E-state index contributed by atoms with van der Waals surface area (Å²) in [5.41, 5.74) is 0.640.